The van der Waals surface area contributed by atoms with Crippen LogP contribution >= 0.6 is 12.4 Å². The van der Waals surface area contributed by atoms with E-state index < -0.39 is 12.1 Å². The van der Waals surface area contributed by atoms with Crippen LogP contribution in [0.25, 0.3) is 0 Å². The Kier molecular flexibility index (Phi) is 7.24. The minimum atomic E-state index is -1.20. The van der Waals surface area contributed by atoms with Gasteiger partial charge < -0.3 is 20.0 Å². The summed E-state index contributed by atoms with van der Waals surface area (Å²) in [5.41, 5.74) is 0.201. The van der Waals surface area contributed by atoms with Gasteiger partial charge >= 0.3 is 0 Å². The van der Waals surface area contributed by atoms with Gasteiger partial charge in [0.2, 0.25) is 0 Å². The Bertz CT molecular complexity index is 149. The Balaban J connectivity index is 0. The molecule has 0 rings (SSSR count). The van der Waals surface area contributed by atoms with E-state index in [0.29, 0.717) is 0 Å². The molecule has 0 heterocycles. The van der Waals surface area contributed by atoms with Crippen molar-refractivity contribution in [3.8, 4) is 0 Å². The van der Waals surface area contributed by atoms with Crippen LogP contribution in [0.15, 0.2) is 0 Å². The number of hydrogen-bond acceptors (Lipinski definition) is 4. The van der Waals surface area contributed by atoms with Gasteiger partial charge in [0.05, 0.1) is 6.10 Å². The molecule has 0 spiro atoms. The van der Waals surface area contributed by atoms with Crippen molar-refractivity contribution in [3.05, 3.63) is 0 Å². The van der Waals surface area contributed by atoms with E-state index in [2.05, 4.69) is 4.74 Å². The van der Waals surface area contributed by atoms with Crippen LogP contribution in [0.1, 0.15) is 13.3 Å². The molecule has 0 aromatic rings. The molecule has 1 atom stereocenters. The predicted octanol–water partition coefficient (Wildman–Crippen LogP) is -0.397. The largest absolute Gasteiger partial charge is 0.550 e. The van der Waals surface area contributed by atoms with E-state index in [1.54, 1.807) is 0 Å². The van der Waals surface area contributed by atoms with Crippen molar-refractivity contribution in [2.24, 2.45) is 0 Å². The van der Waals surface area contributed by atoms with E-state index in [9.17, 15) is 9.90 Å². The fourth-order valence-corrected chi connectivity index (χ4v) is 0.565. The van der Waals surface area contributed by atoms with Gasteiger partial charge in [0.25, 0.3) is 0 Å². The minimum Gasteiger partial charge on any atom is -0.550 e. The molecule has 0 saturated carbocycles. The molecular formula is C6H11ClNO3-. The quantitative estimate of drug-likeness (QED) is 0.599. The van der Waals surface area contributed by atoms with E-state index in [4.69, 9.17) is 5.41 Å². The van der Waals surface area contributed by atoms with Crippen LogP contribution in [-0.2, 0) is 9.53 Å². The molecule has 66 valence electrons. The standard InChI is InChI=1S/C6H11NO3.ClH/c1-4(7)5(10-2)3-6(8)9;/h5,7H,3H2,1-2H3,(H,8,9);1H/p-1. The van der Waals surface area contributed by atoms with Crippen molar-refractivity contribution in [3.63, 3.8) is 0 Å². The summed E-state index contributed by atoms with van der Waals surface area (Å²) in [4.78, 5) is 9.99. The van der Waals surface area contributed by atoms with E-state index in [-0.39, 0.29) is 24.5 Å². The van der Waals surface area contributed by atoms with Crippen molar-refractivity contribution in [1.29, 1.82) is 5.41 Å². The summed E-state index contributed by atoms with van der Waals surface area (Å²) in [6.45, 7) is 1.50. The van der Waals surface area contributed by atoms with E-state index in [0.717, 1.165) is 0 Å². The highest BCUT2D eigenvalue weighted by Gasteiger charge is 2.08. The summed E-state index contributed by atoms with van der Waals surface area (Å²) < 4.78 is 4.68. The highest BCUT2D eigenvalue weighted by atomic mass is 35.5. The molecule has 0 aromatic heterocycles. The summed E-state index contributed by atoms with van der Waals surface area (Å²) in [7, 11) is 1.37. The van der Waals surface area contributed by atoms with Crippen molar-refractivity contribution < 1.29 is 14.6 Å². The molecule has 0 aliphatic heterocycles. The maximum absolute atomic E-state index is 9.99. The van der Waals surface area contributed by atoms with Crippen molar-refractivity contribution in [2.75, 3.05) is 7.11 Å². The van der Waals surface area contributed by atoms with Crippen molar-refractivity contribution in [2.45, 2.75) is 19.4 Å². The van der Waals surface area contributed by atoms with Crippen LogP contribution in [0.4, 0.5) is 0 Å². The van der Waals surface area contributed by atoms with Crippen LogP contribution in [0.5, 0.6) is 0 Å². The molecule has 0 fully saturated rings. The summed E-state index contributed by atoms with van der Waals surface area (Å²) >= 11 is 0. The highest BCUT2D eigenvalue weighted by molar-refractivity contribution is 5.86. The van der Waals surface area contributed by atoms with Crippen LogP contribution in [0, 0.1) is 5.41 Å². The molecule has 0 amide bonds. The lowest BCUT2D eigenvalue weighted by molar-refractivity contribution is -0.306. The SMILES string of the molecule is COC(CC(=O)[O-])C(C)=N.Cl. The van der Waals surface area contributed by atoms with Gasteiger partial charge in [0.1, 0.15) is 0 Å². The maximum atomic E-state index is 9.99. The third-order valence-corrected chi connectivity index (χ3v) is 1.12. The highest BCUT2D eigenvalue weighted by Crippen LogP contribution is 1.96. The monoisotopic (exact) mass is 180 g/mol. The summed E-state index contributed by atoms with van der Waals surface area (Å²) in [5.74, 6) is -1.20. The number of carboxylic acids is 1. The summed E-state index contributed by atoms with van der Waals surface area (Å²) in [5, 5.41) is 17.0. The number of carbonyl (C=O) groups is 1. The van der Waals surface area contributed by atoms with Gasteiger partial charge in [-0.15, -0.1) is 12.4 Å². The summed E-state index contributed by atoms with van der Waals surface area (Å²) in [6, 6.07) is 0. The average Bonchev–Trinajstić information content (AvgIpc) is 1.81. The Hall–Kier alpha value is -0.610. The molecule has 0 saturated heterocycles. The normalized spacial score (nSPS) is 11.5. The first kappa shape index (κ1) is 13.0. The molecule has 0 aliphatic rings. The minimum absolute atomic E-state index is 0. The number of aliphatic carboxylic acids is 1. The number of ether oxygens (including phenoxy) is 1. The first-order valence-electron chi connectivity index (χ1n) is 2.85. The van der Waals surface area contributed by atoms with Crippen molar-refractivity contribution in [1.82, 2.24) is 0 Å². The molecule has 1 N–H and O–H groups in total. The van der Waals surface area contributed by atoms with Crippen LogP contribution in [0.3, 0.4) is 0 Å². The fourth-order valence-electron chi connectivity index (χ4n) is 0.565. The zero-order valence-corrected chi connectivity index (χ0v) is 7.23. The van der Waals surface area contributed by atoms with Gasteiger partial charge in [0, 0.05) is 25.2 Å². The molecule has 5 heteroatoms. The van der Waals surface area contributed by atoms with Gasteiger partial charge in [0.15, 0.2) is 0 Å². The molecule has 0 aliphatic carbocycles. The Labute approximate surface area is 71.5 Å². The predicted molar refractivity (Wildman–Crippen MR) is 41.1 cm³/mol. The number of rotatable bonds is 4. The zero-order chi connectivity index (χ0) is 8.15. The molecule has 0 bridgehead atoms. The number of methoxy groups -OCH3 is 1. The number of hydrogen-bond donors (Lipinski definition) is 1. The Morgan fingerprint density at radius 2 is 2.18 bits per heavy atom. The molecule has 1 unspecified atom stereocenters. The molecule has 4 nitrogen and oxygen atoms in total. The van der Waals surface area contributed by atoms with Crippen LogP contribution in [0.2, 0.25) is 0 Å². The van der Waals surface area contributed by atoms with E-state index in [1.807, 2.05) is 0 Å². The maximum Gasteiger partial charge on any atom is 0.0993 e. The molecule has 0 aromatic carbocycles. The number of carboxylic acid groups (broad SMARTS) is 1. The third-order valence-electron chi connectivity index (χ3n) is 1.12. The van der Waals surface area contributed by atoms with Gasteiger partial charge in [-0.1, -0.05) is 0 Å². The molecular weight excluding hydrogens is 170 g/mol. The summed E-state index contributed by atoms with van der Waals surface area (Å²) in [6.07, 6.45) is -0.878. The van der Waals surface area contributed by atoms with E-state index in [1.165, 1.54) is 14.0 Å². The lowest BCUT2D eigenvalue weighted by atomic mass is 10.2. The third kappa shape index (κ3) is 5.82. The first-order valence-corrected chi connectivity index (χ1v) is 2.85. The van der Waals surface area contributed by atoms with Crippen LogP contribution < -0.4 is 5.11 Å². The second-order valence-electron chi connectivity index (χ2n) is 1.98. The number of nitrogens with one attached hydrogen (secondary N) is 1. The smallest absolute Gasteiger partial charge is 0.0993 e. The lowest BCUT2D eigenvalue weighted by Crippen LogP contribution is -2.31. The van der Waals surface area contributed by atoms with Gasteiger partial charge in [-0.25, -0.2) is 0 Å². The zero-order valence-electron chi connectivity index (χ0n) is 6.42. The van der Waals surface area contributed by atoms with Gasteiger partial charge in [-0.05, 0) is 6.92 Å². The molecule has 11 heavy (non-hydrogen) atoms. The first-order chi connectivity index (χ1) is 4.57. The van der Waals surface area contributed by atoms with E-state index >= 15 is 0 Å². The average molecular weight is 181 g/mol. The Morgan fingerprint density at radius 1 is 1.73 bits per heavy atom. The molecule has 0 radical (unpaired) electrons. The number of halogens is 1. The van der Waals surface area contributed by atoms with Crippen molar-refractivity contribution >= 4 is 24.1 Å². The second kappa shape index (κ2) is 6.12. The van der Waals surface area contributed by atoms with Crippen LogP contribution in [-0.4, -0.2) is 24.9 Å². The lowest BCUT2D eigenvalue weighted by Gasteiger charge is -2.13. The fraction of sp³-hybridized carbons (Fsp3) is 0.667. The second-order valence-corrected chi connectivity index (χ2v) is 1.98. The van der Waals surface area contributed by atoms with Gasteiger partial charge in [-0.2, -0.15) is 0 Å². The number of carbonyl (C=O) groups excluding carboxylic acids is 1. The van der Waals surface area contributed by atoms with Gasteiger partial charge in [-0.3, -0.25) is 0 Å². The Morgan fingerprint density at radius 3 is 2.27 bits per heavy atom. The topological polar surface area (TPSA) is 73.2 Å².